The minimum Gasteiger partial charge on any atom is -0.508 e. The first kappa shape index (κ1) is 32.3. The standard InChI is InChI=1S/C38H43F3N2O3S/c39-38(40,41)32-24-26(9-16-34(32)46-35-8-2-1-7-33(35)43-19-5-6-20-43)23-31-30-15-12-28(44)25-36(30)47-37(31)27-10-13-29(14-11-27)45-22-21-42-17-3-4-18-42/h9-16,24-25,33,35,44H,1-8,17-23H2/t33-,35-/m0/s1. The Morgan fingerprint density at radius 2 is 1.57 bits per heavy atom. The Kier molecular flexibility index (Phi) is 9.66. The van der Waals surface area contributed by atoms with Crippen molar-refractivity contribution < 1.29 is 27.8 Å². The third-order valence-corrected chi connectivity index (χ3v) is 11.3. The van der Waals surface area contributed by atoms with Gasteiger partial charge < -0.3 is 14.6 Å². The van der Waals surface area contributed by atoms with Gasteiger partial charge in [-0.3, -0.25) is 9.80 Å². The summed E-state index contributed by atoms with van der Waals surface area (Å²) in [5.41, 5.74) is 1.76. The van der Waals surface area contributed by atoms with Crippen LogP contribution in [-0.4, -0.2) is 66.4 Å². The monoisotopic (exact) mass is 664 g/mol. The molecule has 1 aromatic heterocycles. The van der Waals surface area contributed by atoms with Crippen LogP contribution >= 0.6 is 11.3 Å². The zero-order chi connectivity index (χ0) is 32.4. The highest BCUT2D eigenvalue weighted by Gasteiger charge is 2.38. The summed E-state index contributed by atoms with van der Waals surface area (Å²) in [6.45, 7) is 5.80. The molecule has 2 saturated heterocycles. The fraction of sp³-hybridized carbons (Fsp3) is 0.474. The average molecular weight is 665 g/mol. The van der Waals surface area contributed by atoms with Crippen LogP contribution < -0.4 is 9.47 Å². The van der Waals surface area contributed by atoms with Crippen molar-refractivity contribution in [2.75, 3.05) is 39.3 Å². The summed E-state index contributed by atoms with van der Waals surface area (Å²) in [5.74, 6) is 0.885. The molecule has 1 saturated carbocycles. The highest BCUT2D eigenvalue weighted by Crippen LogP contribution is 2.43. The maximum absolute atomic E-state index is 14.6. The van der Waals surface area contributed by atoms with E-state index in [0.29, 0.717) is 18.6 Å². The van der Waals surface area contributed by atoms with E-state index in [1.165, 1.54) is 25.0 Å². The molecule has 0 radical (unpaired) electrons. The van der Waals surface area contributed by atoms with Crippen LogP contribution in [0.2, 0.25) is 0 Å². The zero-order valence-electron chi connectivity index (χ0n) is 26.7. The molecule has 4 aromatic rings. The Morgan fingerprint density at radius 1 is 0.830 bits per heavy atom. The van der Waals surface area contributed by atoms with Crippen LogP contribution in [0, 0.1) is 0 Å². The van der Waals surface area contributed by atoms with Gasteiger partial charge in [0.1, 0.15) is 30.0 Å². The lowest BCUT2D eigenvalue weighted by atomic mass is 9.91. The van der Waals surface area contributed by atoms with E-state index in [2.05, 4.69) is 9.80 Å². The number of phenols is 1. The van der Waals surface area contributed by atoms with Gasteiger partial charge in [0.05, 0.1) is 5.56 Å². The predicted octanol–water partition coefficient (Wildman–Crippen LogP) is 9.14. The number of likely N-dealkylation sites (tertiary alicyclic amines) is 2. The van der Waals surface area contributed by atoms with Crippen molar-refractivity contribution in [3.8, 4) is 27.7 Å². The van der Waals surface area contributed by atoms with Crippen LogP contribution in [0.25, 0.3) is 20.5 Å². The number of halogens is 3. The fourth-order valence-electron chi connectivity index (χ4n) is 7.63. The van der Waals surface area contributed by atoms with Crippen LogP contribution in [0.15, 0.2) is 60.7 Å². The van der Waals surface area contributed by atoms with Gasteiger partial charge in [-0.25, -0.2) is 0 Å². The first-order valence-corrected chi connectivity index (χ1v) is 17.9. The lowest BCUT2D eigenvalue weighted by Crippen LogP contribution is -2.46. The second-order valence-corrected chi connectivity index (χ2v) is 14.3. The summed E-state index contributed by atoms with van der Waals surface area (Å²) >= 11 is 1.54. The molecule has 5 nitrogen and oxygen atoms in total. The van der Waals surface area contributed by atoms with Crippen molar-refractivity contribution in [3.05, 3.63) is 77.4 Å². The molecule has 3 fully saturated rings. The zero-order valence-corrected chi connectivity index (χ0v) is 27.6. The van der Waals surface area contributed by atoms with Gasteiger partial charge in [-0.05, 0) is 154 Å². The Hall–Kier alpha value is -3.27. The Bertz CT molecular complexity index is 1660. The van der Waals surface area contributed by atoms with E-state index in [1.54, 1.807) is 29.5 Å². The molecule has 250 valence electrons. The van der Waals surface area contributed by atoms with Gasteiger partial charge in [0.15, 0.2) is 0 Å². The molecule has 2 atom stereocenters. The normalized spacial score (nSPS) is 21.1. The van der Waals surface area contributed by atoms with Gasteiger partial charge in [0, 0.05) is 22.2 Å². The molecule has 3 aromatic carbocycles. The predicted molar refractivity (Wildman–Crippen MR) is 182 cm³/mol. The topological polar surface area (TPSA) is 45.2 Å². The van der Waals surface area contributed by atoms with Gasteiger partial charge in [-0.2, -0.15) is 13.2 Å². The van der Waals surface area contributed by atoms with Crippen molar-refractivity contribution in [2.24, 2.45) is 0 Å². The number of hydrogen-bond acceptors (Lipinski definition) is 6. The largest absolute Gasteiger partial charge is 0.508 e. The van der Waals surface area contributed by atoms with Crippen molar-refractivity contribution in [3.63, 3.8) is 0 Å². The maximum Gasteiger partial charge on any atom is 0.419 e. The fourth-order valence-corrected chi connectivity index (χ4v) is 8.89. The minimum atomic E-state index is -4.54. The molecule has 47 heavy (non-hydrogen) atoms. The van der Waals surface area contributed by atoms with Crippen LogP contribution in [0.1, 0.15) is 68.1 Å². The van der Waals surface area contributed by atoms with Crippen LogP contribution in [-0.2, 0) is 12.6 Å². The second-order valence-electron chi connectivity index (χ2n) is 13.3. The van der Waals surface area contributed by atoms with E-state index in [9.17, 15) is 18.3 Å². The number of nitrogens with zero attached hydrogens (tertiary/aromatic N) is 2. The Morgan fingerprint density at radius 3 is 2.34 bits per heavy atom. The van der Waals surface area contributed by atoms with Gasteiger partial charge in [-0.1, -0.05) is 12.5 Å². The van der Waals surface area contributed by atoms with Gasteiger partial charge >= 0.3 is 6.18 Å². The molecule has 9 heteroatoms. The number of hydrogen-bond donors (Lipinski definition) is 1. The highest BCUT2D eigenvalue weighted by atomic mass is 32.1. The van der Waals surface area contributed by atoms with Crippen LogP contribution in [0.5, 0.6) is 17.2 Å². The summed E-state index contributed by atoms with van der Waals surface area (Å²) in [4.78, 5) is 5.80. The third-order valence-electron chi connectivity index (χ3n) is 10.1. The molecule has 1 aliphatic carbocycles. The lowest BCUT2D eigenvalue weighted by molar-refractivity contribution is -0.139. The Labute approximate surface area is 278 Å². The molecule has 2 aliphatic heterocycles. The molecule has 3 heterocycles. The number of phenolic OH excluding ortho intramolecular Hbond substituents is 1. The first-order chi connectivity index (χ1) is 22.8. The number of alkyl halides is 3. The molecular formula is C38H43F3N2O3S. The summed E-state index contributed by atoms with van der Waals surface area (Å²) in [6, 6.07) is 17.9. The van der Waals surface area contributed by atoms with Crippen molar-refractivity contribution in [2.45, 2.75) is 76.1 Å². The molecule has 1 N–H and O–H groups in total. The van der Waals surface area contributed by atoms with Crippen molar-refractivity contribution in [1.82, 2.24) is 9.80 Å². The first-order valence-electron chi connectivity index (χ1n) is 17.1. The number of ether oxygens (including phenoxy) is 2. The van der Waals surface area contributed by atoms with Gasteiger partial charge in [0.25, 0.3) is 0 Å². The number of fused-ring (bicyclic) bond motifs is 1. The number of thiophene rings is 1. The quantitative estimate of drug-likeness (QED) is 0.183. The average Bonchev–Trinajstić information content (AvgIpc) is 3.85. The Balaban J connectivity index is 1.15. The van der Waals surface area contributed by atoms with E-state index in [4.69, 9.17) is 9.47 Å². The number of aromatic hydroxyl groups is 1. The van der Waals surface area contributed by atoms with Crippen molar-refractivity contribution >= 4 is 21.4 Å². The third kappa shape index (κ3) is 7.42. The summed E-state index contributed by atoms with van der Waals surface area (Å²) in [6.07, 6.45) is 4.14. The highest BCUT2D eigenvalue weighted by molar-refractivity contribution is 7.22. The molecule has 7 rings (SSSR count). The molecule has 0 spiro atoms. The minimum absolute atomic E-state index is 0.0713. The van der Waals surface area contributed by atoms with Crippen LogP contribution in [0.4, 0.5) is 13.2 Å². The van der Waals surface area contributed by atoms with Crippen LogP contribution in [0.3, 0.4) is 0 Å². The van der Waals surface area contributed by atoms with Gasteiger partial charge in [0.2, 0.25) is 0 Å². The smallest absolute Gasteiger partial charge is 0.419 e. The maximum atomic E-state index is 14.6. The molecule has 0 bridgehead atoms. The molecule has 0 amide bonds. The van der Waals surface area contributed by atoms with E-state index in [1.807, 2.05) is 30.3 Å². The van der Waals surface area contributed by atoms with E-state index in [-0.39, 0.29) is 23.6 Å². The SMILES string of the molecule is Oc1ccc2c(Cc3ccc(O[C@H]4CCCC[C@@H]4N4CCCC4)c(C(F)(F)F)c3)c(-c3ccc(OCCN4CCCC4)cc3)sc2c1. The molecule has 3 aliphatic rings. The lowest BCUT2D eigenvalue weighted by Gasteiger charge is -2.38. The van der Waals surface area contributed by atoms with Crippen molar-refractivity contribution in [1.29, 1.82) is 0 Å². The summed E-state index contributed by atoms with van der Waals surface area (Å²) in [7, 11) is 0. The van der Waals surface area contributed by atoms with E-state index >= 15 is 0 Å². The van der Waals surface area contributed by atoms with E-state index < -0.39 is 11.7 Å². The molecular weight excluding hydrogens is 621 g/mol. The summed E-state index contributed by atoms with van der Waals surface area (Å²) in [5, 5.41) is 11.1. The van der Waals surface area contributed by atoms with Gasteiger partial charge in [-0.15, -0.1) is 11.3 Å². The summed E-state index contributed by atoms with van der Waals surface area (Å²) < 4.78 is 56.9. The number of benzene rings is 3. The molecule has 0 unspecified atom stereocenters. The van der Waals surface area contributed by atoms with E-state index in [0.717, 1.165) is 103 Å². The number of rotatable bonds is 10. The second kappa shape index (κ2) is 14.1.